The Morgan fingerprint density at radius 1 is 1.11 bits per heavy atom. The van der Waals surface area contributed by atoms with Gasteiger partial charge >= 0.3 is 0 Å². The molecule has 0 aliphatic heterocycles. The first-order valence-electron chi connectivity index (χ1n) is 6.14. The van der Waals surface area contributed by atoms with Crippen LogP contribution in [0.3, 0.4) is 0 Å². The van der Waals surface area contributed by atoms with Crippen LogP contribution in [-0.4, -0.2) is 5.91 Å². The molecule has 0 heterocycles. The summed E-state index contributed by atoms with van der Waals surface area (Å²) in [6.07, 6.45) is 0. The predicted octanol–water partition coefficient (Wildman–Crippen LogP) is 4.45. The topological polar surface area (TPSA) is 29.1 Å². The molecule has 2 aromatic rings. The first kappa shape index (κ1) is 13.8. The normalized spacial score (nSPS) is 10.3. The van der Waals surface area contributed by atoms with Crippen molar-refractivity contribution in [3.05, 3.63) is 64.7 Å². The third-order valence-electron chi connectivity index (χ3n) is 3.22. The molecule has 0 atom stereocenters. The molecule has 0 saturated carbocycles. The molecule has 98 valence electrons. The van der Waals surface area contributed by atoms with E-state index in [-0.39, 0.29) is 5.91 Å². The van der Waals surface area contributed by atoms with E-state index in [2.05, 4.69) is 21.2 Å². The number of benzene rings is 2. The fourth-order valence-corrected chi connectivity index (χ4v) is 2.20. The molecule has 0 bridgehead atoms. The highest BCUT2D eigenvalue weighted by Crippen LogP contribution is 2.19. The van der Waals surface area contributed by atoms with Crippen molar-refractivity contribution in [3.63, 3.8) is 0 Å². The van der Waals surface area contributed by atoms with E-state index in [9.17, 15) is 4.79 Å². The zero-order valence-electron chi connectivity index (χ0n) is 11.0. The largest absolute Gasteiger partial charge is 0.322 e. The summed E-state index contributed by atoms with van der Waals surface area (Å²) in [5, 5.41) is 3.75. The van der Waals surface area contributed by atoms with Gasteiger partial charge in [0.15, 0.2) is 0 Å². The Labute approximate surface area is 122 Å². The van der Waals surface area contributed by atoms with Crippen LogP contribution in [0.1, 0.15) is 27.0 Å². The third kappa shape index (κ3) is 3.24. The molecule has 3 heteroatoms. The van der Waals surface area contributed by atoms with E-state index in [1.54, 1.807) is 0 Å². The molecule has 2 nitrogen and oxygen atoms in total. The van der Waals surface area contributed by atoms with Gasteiger partial charge in [-0.3, -0.25) is 4.79 Å². The van der Waals surface area contributed by atoms with Crippen LogP contribution >= 0.6 is 15.9 Å². The van der Waals surface area contributed by atoms with Crippen LogP contribution in [0.4, 0.5) is 5.69 Å². The third-order valence-corrected chi connectivity index (χ3v) is 3.87. The van der Waals surface area contributed by atoms with E-state index in [0.717, 1.165) is 22.1 Å². The van der Waals surface area contributed by atoms with Crippen molar-refractivity contribution in [3.8, 4) is 0 Å². The van der Waals surface area contributed by atoms with E-state index in [0.29, 0.717) is 5.56 Å². The van der Waals surface area contributed by atoms with Crippen LogP contribution in [0.5, 0.6) is 0 Å². The van der Waals surface area contributed by atoms with Gasteiger partial charge in [0.2, 0.25) is 0 Å². The Kier molecular flexibility index (Phi) is 4.38. The minimum atomic E-state index is -0.0742. The lowest BCUT2D eigenvalue weighted by atomic mass is 10.1. The van der Waals surface area contributed by atoms with Crippen molar-refractivity contribution in [1.82, 2.24) is 0 Å². The fraction of sp³-hybridized carbons (Fsp3) is 0.188. The van der Waals surface area contributed by atoms with Gasteiger partial charge in [-0.2, -0.15) is 0 Å². The fourth-order valence-electron chi connectivity index (χ4n) is 1.83. The predicted molar refractivity (Wildman–Crippen MR) is 82.9 cm³/mol. The van der Waals surface area contributed by atoms with Crippen LogP contribution < -0.4 is 5.32 Å². The second-order valence-electron chi connectivity index (χ2n) is 4.53. The van der Waals surface area contributed by atoms with Gasteiger partial charge in [-0.25, -0.2) is 0 Å². The van der Waals surface area contributed by atoms with E-state index in [1.807, 2.05) is 56.3 Å². The maximum atomic E-state index is 12.2. The monoisotopic (exact) mass is 317 g/mol. The first-order chi connectivity index (χ1) is 9.11. The summed E-state index contributed by atoms with van der Waals surface area (Å²) in [5.74, 6) is -0.0742. The Morgan fingerprint density at radius 3 is 2.42 bits per heavy atom. The number of rotatable bonds is 3. The van der Waals surface area contributed by atoms with E-state index < -0.39 is 0 Å². The van der Waals surface area contributed by atoms with Crippen LogP contribution in [0.2, 0.25) is 0 Å². The molecule has 0 aliphatic carbocycles. The summed E-state index contributed by atoms with van der Waals surface area (Å²) in [4.78, 5) is 12.2. The Hall–Kier alpha value is -1.61. The summed E-state index contributed by atoms with van der Waals surface area (Å²) in [7, 11) is 0. The number of amides is 1. The van der Waals surface area contributed by atoms with Crippen LogP contribution in [0.15, 0.2) is 42.5 Å². The Morgan fingerprint density at radius 2 is 1.79 bits per heavy atom. The second-order valence-corrected chi connectivity index (χ2v) is 5.09. The molecule has 0 unspecified atom stereocenters. The highest BCUT2D eigenvalue weighted by Gasteiger charge is 2.08. The van der Waals surface area contributed by atoms with Crippen molar-refractivity contribution in [2.75, 3.05) is 5.32 Å². The summed E-state index contributed by atoms with van der Waals surface area (Å²) >= 11 is 3.39. The zero-order chi connectivity index (χ0) is 13.8. The van der Waals surface area contributed by atoms with Crippen LogP contribution in [0.25, 0.3) is 0 Å². The van der Waals surface area contributed by atoms with Gasteiger partial charge in [0.1, 0.15) is 0 Å². The molecule has 0 aliphatic rings. The molecule has 0 radical (unpaired) electrons. The average Bonchev–Trinajstić information content (AvgIpc) is 2.44. The van der Waals surface area contributed by atoms with Gasteiger partial charge in [0.05, 0.1) is 0 Å². The van der Waals surface area contributed by atoms with E-state index in [1.165, 1.54) is 5.56 Å². The van der Waals surface area contributed by atoms with Crippen LogP contribution in [-0.2, 0) is 5.33 Å². The molecule has 0 saturated heterocycles. The molecular formula is C16H16BrNO. The molecule has 2 aromatic carbocycles. The van der Waals surface area contributed by atoms with E-state index in [4.69, 9.17) is 0 Å². The Balaban J connectivity index is 2.18. The summed E-state index contributed by atoms with van der Waals surface area (Å²) in [6.45, 7) is 4.05. The first-order valence-corrected chi connectivity index (χ1v) is 7.26. The number of halogens is 1. The molecule has 0 fully saturated rings. The van der Waals surface area contributed by atoms with Crippen LogP contribution in [0, 0.1) is 13.8 Å². The molecule has 0 aromatic heterocycles. The molecule has 2 rings (SSSR count). The van der Waals surface area contributed by atoms with Gasteiger partial charge in [0.25, 0.3) is 5.91 Å². The van der Waals surface area contributed by atoms with Gasteiger partial charge in [-0.15, -0.1) is 0 Å². The number of carbonyl (C=O) groups is 1. The number of anilines is 1. The van der Waals surface area contributed by atoms with Gasteiger partial charge in [0, 0.05) is 16.6 Å². The maximum Gasteiger partial charge on any atom is 0.255 e. The molecule has 1 amide bonds. The standard InChI is InChI=1S/C16H16BrNO/c1-11-4-3-5-15(12(11)2)18-16(19)14-8-6-13(10-17)7-9-14/h3-9H,10H2,1-2H3,(H,18,19). The van der Waals surface area contributed by atoms with E-state index >= 15 is 0 Å². The number of carbonyl (C=O) groups excluding carboxylic acids is 1. The molecule has 19 heavy (non-hydrogen) atoms. The number of nitrogens with one attached hydrogen (secondary N) is 1. The second kappa shape index (κ2) is 6.02. The van der Waals surface area contributed by atoms with Gasteiger partial charge in [-0.1, -0.05) is 40.2 Å². The highest BCUT2D eigenvalue weighted by molar-refractivity contribution is 9.08. The SMILES string of the molecule is Cc1cccc(NC(=O)c2ccc(CBr)cc2)c1C. The lowest BCUT2D eigenvalue weighted by molar-refractivity contribution is 0.102. The molecular weight excluding hydrogens is 302 g/mol. The summed E-state index contributed by atoms with van der Waals surface area (Å²) in [6, 6.07) is 13.5. The minimum Gasteiger partial charge on any atom is -0.322 e. The zero-order valence-corrected chi connectivity index (χ0v) is 12.6. The van der Waals surface area contributed by atoms with Gasteiger partial charge in [-0.05, 0) is 48.7 Å². The minimum absolute atomic E-state index is 0.0742. The quantitative estimate of drug-likeness (QED) is 0.832. The number of alkyl halides is 1. The lowest BCUT2D eigenvalue weighted by Crippen LogP contribution is -2.13. The number of hydrogen-bond acceptors (Lipinski definition) is 1. The summed E-state index contributed by atoms with van der Waals surface area (Å²) in [5.41, 5.74) is 4.98. The summed E-state index contributed by atoms with van der Waals surface area (Å²) < 4.78 is 0. The number of hydrogen-bond donors (Lipinski definition) is 1. The molecule has 0 spiro atoms. The van der Waals surface area contributed by atoms with Crippen molar-refractivity contribution in [1.29, 1.82) is 0 Å². The lowest BCUT2D eigenvalue weighted by Gasteiger charge is -2.10. The highest BCUT2D eigenvalue weighted by atomic mass is 79.9. The smallest absolute Gasteiger partial charge is 0.255 e. The number of aryl methyl sites for hydroxylation is 1. The van der Waals surface area contributed by atoms with Crippen molar-refractivity contribution < 1.29 is 4.79 Å². The van der Waals surface area contributed by atoms with Gasteiger partial charge < -0.3 is 5.32 Å². The average molecular weight is 318 g/mol. The molecule has 1 N–H and O–H groups in total. The van der Waals surface area contributed by atoms with Crippen molar-refractivity contribution >= 4 is 27.5 Å². The Bertz CT molecular complexity index is 590. The van der Waals surface area contributed by atoms with Crippen molar-refractivity contribution in [2.45, 2.75) is 19.2 Å². The maximum absolute atomic E-state index is 12.2. The van der Waals surface area contributed by atoms with Crippen molar-refractivity contribution in [2.24, 2.45) is 0 Å².